The molecule has 2 unspecified atom stereocenters. The molecule has 0 aliphatic carbocycles. The molecule has 0 spiro atoms. The molecule has 2 aliphatic heterocycles. The number of halogens is 1. The Balaban J connectivity index is 1.79. The first-order valence-electron chi connectivity index (χ1n) is 7.32. The lowest BCUT2D eigenvalue weighted by Crippen LogP contribution is -2.44. The third-order valence-corrected chi connectivity index (χ3v) is 6.26. The maximum Gasteiger partial charge on any atom is 0.175 e. The van der Waals surface area contributed by atoms with Gasteiger partial charge in [0, 0.05) is 24.4 Å². The van der Waals surface area contributed by atoms with Crippen molar-refractivity contribution < 1.29 is 8.42 Å². The van der Waals surface area contributed by atoms with Crippen molar-refractivity contribution in [1.82, 2.24) is 4.90 Å². The first-order valence-corrected chi connectivity index (χ1v) is 9.59. The Kier molecular flexibility index (Phi) is 3.93. The molecule has 21 heavy (non-hydrogen) atoms. The highest BCUT2D eigenvalue weighted by molar-refractivity contribution is 7.90. The summed E-state index contributed by atoms with van der Waals surface area (Å²) in [5, 5.41) is 4.04. The average Bonchev–Trinajstić information content (AvgIpc) is 2.62. The highest BCUT2D eigenvalue weighted by Crippen LogP contribution is 2.36. The molecule has 3 rings (SSSR count). The van der Waals surface area contributed by atoms with Gasteiger partial charge >= 0.3 is 0 Å². The van der Waals surface area contributed by atoms with Crippen LogP contribution in [0.15, 0.2) is 23.1 Å². The predicted octanol–water partition coefficient (Wildman–Crippen LogP) is 2.78. The normalized spacial score (nSPS) is 29.6. The van der Waals surface area contributed by atoms with Crippen LogP contribution in [0.4, 0.5) is 5.69 Å². The number of hydrogen-bond acceptors (Lipinski definition) is 4. The van der Waals surface area contributed by atoms with Crippen molar-refractivity contribution in [2.75, 3.05) is 18.6 Å². The maximum absolute atomic E-state index is 11.7. The van der Waals surface area contributed by atoms with Crippen molar-refractivity contribution in [2.45, 2.75) is 48.7 Å². The van der Waals surface area contributed by atoms with Crippen LogP contribution in [0.2, 0.25) is 5.02 Å². The molecule has 0 radical (unpaired) electrons. The Morgan fingerprint density at radius 1 is 1.24 bits per heavy atom. The summed E-state index contributed by atoms with van der Waals surface area (Å²) in [6.07, 6.45) is 5.92. The van der Waals surface area contributed by atoms with Crippen LogP contribution in [0, 0.1) is 0 Å². The monoisotopic (exact) mass is 328 g/mol. The summed E-state index contributed by atoms with van der Waals surface area (Å²) in [6.45, 7) is 0. The van der Waals surface area contributed by atoms with E-state index < -0.39 is 9.84 Å². The topological polar surface area (TPSA) is 49.4 Å². The zero-order valence-corrected chi connectivity index (χ0v) is 13.9. The molecule has 0 saturated carbocycles. The van der Waals surface area contributed by atoms with Crippen LogP contribution in [-0.4, -0.2) is 44.7 Å². The number of hydrogen-bond donors (Lipinski definition) is 1. The molecular formula is C15H21ClN2O2S. The average molecular weight is 329 g/mol. The highest BCUT2D eigenvalue weighted by atomic mass is 35.5. The van der Waals surface area contributed by atoms with Crippen LogP contribution < -0.4 is 5.32 Å². The quantitative estimate of drug-likeness (QED) is 0.927. The molecule has 2 heterocycles. The van der Waals surface area contributed by atoms with E-state index in [-0.39, 0.29) is 0 Å². The fraction of sp³-hybridized carbons (Fsp3) is 0.600. The van der Waals surface area contributed by atoms with E-state index in [0.29, 0.717) is 28.0 Å². The minimum absolute atomic E-state index is 0.310. The van der Waals surface area contributed by atoms with Gasteiger partial charge in [0.2, 0.25) is 0 Å². The minimum Gasteiger partial charge on any atom is -0.381 e. The first kappa shape index (κ1) is 15.1. The lowest BCUT2D eigenvalue weighted by atomic mass is 9.98. The molecular weight excluding hydrogens is 308 g/mol. The van der Waals surface area contributed by atoms with Gasteiger partial charge in [-0.1, -0.05) is 11.6 Å². The van der Waals surface area contributed by atoms with Gasteiger partial charge < -0.3 is 10.2 Å². The summed E-state index contributed by atoms with van der Waals surface area (Å²) in [6, 6.07) is 6.50. The standard InChI is InChI=1S/C15H21ClN2O2S/c1-18-11-3-4-12(18)8-10(7-11)17-15-9-13(21(2,19)20)5-6-14(15)16/h5-6,9-12,17H,3-4,7-8H2,1-2H3. The highest BCUT2D eigenvalue weighted by Gasteiger charge is 2.38. The summed E-state index contributed by atoms with van der Waals surface area (Å²) in [5.74, 6) is 0. The van der Waals surface area contributed by atoms with E-state index in [1.54, 1.807) is 18.2 Å². The van der Waals surface area contributed by atoms with Gasteiger partial charge in [-0.25, -0.2) is 8.42 Å². The Labute approximate surface area is 131 Å². The molecule has 6 heteroatoms. The molecule has 2 bridgehead atoms. The second kappa shape index (κ2) is 5.45. The van der Waals surface area contributed by atoms with Crippen LogP contribution in [0.25, 0.3) is 0 Å². The van der Waals surface area contributed by atoms with Gasteiger partial charge in [0.1, 0.15) is 0 Å². The van der Waals surface area contributed by atoms with E-state index in [1.807, 2.05) is 0 Å². The van der Waals surface area contributed by atoms with E-state index >= 15 is 0 Å². The number of nitrogens with zero attached hydrogens (tertiary/aromatic N) is 1. The fourth-order valence-electron chi connectivity index (χ4n) is 3.59. The second-order valence-electron chi connectivity index (χ2n) is 6.28. The molecule has 0 aromatic heterocycles. The second-order valence-corrected chi connectivity index (χ2v) is 8.70. The van der Waals surface area contributed by atoms with Crippen molar-refractivity contribution in [3.8, 4) is 0 Å². The third-order valence-electron chi connectivity index (χ3n) is 4.82. The predicted molar refractivity (Wildman–Crippen MR) is 85.8 cm³/mol. The van der Waals surface area contributed by atoms with E-state index in [4.69, 9.17) is 11.6 Å². The number of piperidine rings is 1. The fourth-order valence-corrected chi connectivity index (χ4v) is 4.41. The molecule has 2 atom stereocenters. The minimum atomic E-state index is -3.21. The Morgan fingerprint density at radius 3 is 2.43 bits per heavy atom. The zero-order chi connectivity index (χ0) is 15.2. The Hall–Kier alpha value is -0.780. The molecule has 4 nitrogen and oxygen atoms in total. The summed E-state index contributed by atoms with van der Waals surface area (Å²) in [4.78, 5) is 2.79. The van der Waals surface area contributed by atoms with Gasteiger partial charge in [-0.2, -0.15) is 0 Å². The van der Waals surface area contributed by atoms with Crippen molar-refractivity contribution in [2.24, 2.45) is 0 Å². The number of anilines is 1. The molecule has 2 saturated heterocycles. The van der Waals surface area contributed by atoms with Crippen molar-refractivity contribution in [3.05, 3.63) is 23.2 Å². The number of nitrogens with one attached hydrogen (secondary N) is 1. The summed E-state index contributed by atoms with van der Waals surface area (Å²) in [7, 11) is -1.00. The van der Waals surface area contributed by atoms with Crippen molar-refractivity contribution in [1.29, 1.82) is 0 Å². The number of sulfone groups is 1. The Bertz CT molecular complexity index is 633. The summed E-state index contributed by atoms with van der Waals surface area (Å²) < 4.78 is 23.3. The molecule has 2 aliphatic rings. The van der Waals surface area contributed by atoms with Crippen LogP contribution in [0.5, 0.6) is 0 Å². The molecule has 116 valence electrons. The molecule has 1 aromatic carbocycles. The number of fused-ring (bicyclic) bond motifs is 2. The molecule has 1 aromatic rings. The number of rotatable bonds is 3. The smallest absolute Gasteiger partial charge is 0.175 e. The Morgan fingerprint density at radius 2 is 1.86 bits per heavy atom. The van der Waals surface area contributed by atoms with Gasteiger partial charge in [-0.05, 0) is 50.9 Å². The SMILES string of the molecule is CN1C2CCC1CC(Nc1cc(S(C)(=O)=O)ccc1Cl)C2. The number of benzene rings is 1. The lowest BCUT2D eigenvalue weighted by Gasteiger charge is -2.37. The van der Waals surface area contributed by atoms with Crippen LogP contribution in [0.1, 0.15) is 25.7 Å². The van der Waals surface area contributed by atoms with Crippen LogP contribution >= 0.6 is 11.6 Å². The first-order chi connectivity index (χ1) is 9.84. The molecule has 2 fully saturated rings. The van der Waals surface area contributed by atoms with E-state index in [1.165, 1.54) is 19.1 Å². The third kappa shape index (κ3) is 3.05. The summed E-state index contributed by atoms with van der Waals surface area (Å²) in [5.41, 5.74) is 0.730. The molecule has 1 N–H and O–H groups in total. The van der Waals surface area contributed by atoms with Gasteiger partial charge in [-0.15, -0.1) is 0 Å². The van der Waals surface area contributed by atoms with E-state index in [9.17, 15) is 8.42 Å². The van der Waals surface area contributed by atoms with Gasteiger partial charge in [-0.3, -0.25) is 0 Å². The maximum atomic E-state index is 11.7. The zero-order valence-electron chi connectivity index (χ0n) is 12.3. The van der Waals surface area contributed by atoms with E-state index in [0.717, 1.165) is 18.5 Å². The largest absolute Gasteiger partial charge is 0.381 e. The van der Waals surface area contributed by atoms with Crippen LogP contribution in [0.3, 0.4) is 0 Å². The van der Waals surface area contributed by atoms with Crippen LogP contribution in [-0.2, 0) is 9.84 Å². The van der Waals surface area contributed by atoms with Gasteiger partial charge in [0.15, 0.2) is 9.84 Å². The summed E-state index contributed by atoms with van der Waals surface area (Å²) >= 11 is 6.21. The van der Waals surface area contributed by atoms with E-state index in [2.05, 4.69) is 17.3 Å². The van der Waals surface area contributed by atoms with Crippen molar-refractivity contribution >= 4 is 27.1 Å². The lowest BCUT2D eigenvalue weighted by molar-refractivity contribution is 0.169. The van der Waals surface area contributed by atoms with Crippen molar-refractivity contribution in [3.63, 3.8) is 0 Å². The van der Waals surface area contributed by atoms with Gasteiger partial charge in [0.05, 0.1) is 15.6 Å². The molecule has 0 amide bonds. The van der Waals surface area contributed by atoms with Gasteiger partial charge in [0.25, 0.3) is 0 Å².